The maximum absolute atomic E-state index is 11.5. The first-order valence-electron chi connectivity index (χ1n) is 5.47. The highest BCUT2D eigenvalue weighted by Gasteiger charge is 2.13. The zero-order valence-corrected chi connectivity index (χ0v) is 11.5. The van der Waals surface area contributed by atoms with E-state index in [1.54, 1.807) is 11.3 Å². The van der Waals surface area contributed by atoms with E-state index >= 15 is 0 Å². The van der Waals surface area contributed by atoms with Crippen molar-refractivity contribution in [3.8, 4) is 0 Å². The summed E-state index contributed by atoms with van der Waals surface area (Å²) in [5.41, 5.74) is 1.22. The van der Waals surface area contributed by atoms with Crippen LogP contribution in [0.1, 0.15) is 41.1 Å². The largest absolute Gasteiger partial charge is 0.350 e. The van der Waals surface area contributed by atoms with Crippen LogP contribution in [0.3, 0.4) is 0 Å². The lowest BCUT2D eigenvalue weighted by Gasteiger charge is -2.13. The molecule has 0 aromatic carbocycles. The lowest BCUT2D eigenvalue weighted by Crippen LogP contribution is -2.26. The van der Waals surface area contributed by atoms with E-state index in [9.17, 15) is 4.79 Å². The van der Waals surface area contributed by atoms with Crippen molar-refractivity contribution >= 4 is 28.8 Å². The van der Waals surface area contributed by atoms with Crippen LogP contribution >= 0.6 is 22.9 Å². The first kappa shape index (κ1) is 13.5. The molecule has 1 N–H and O–H groups in total. The van der Waals surface area contributed by atoms with E-state index in [2.05, 4.69) is 25.2 Å². The Balaban J connectivity index is 2.55. The van der Waals surface area contributed by atoms with Crippen molar-refractivity contribution in [2.45, 2.75) is 39.7 Å². The molecule has 0 aliphatic heterocycles. The number of carbonyl (C=O) groups is 1. The minimum atomic E-state index is 0.0800. The Morgan fingerprint density at radius 1 is 1.56 bits per heavy atom. The van der Waals surface area contributed by atoms with Gasteiger partial charge in [0.15, 0.2) is 0 Å². The molecule has 1 atom stereocenters. The first-order valence-corrected chi connectivity index (χ1v) is 6.82. The van der Waals surface area contributed by atoms with Gasteiger partial charge in [-0.1, -0.05) is 0 Å². The van der Waals surface area contributed by atoms with Gasteiger partial charge in [0.2, 0.25) is 5.91 Å². The van der Waals surface area contributed by atoms with Crippen LogP contribution < -0.4 is 5.32 Å². The first-order chi connectivity index (χ1) is 7.54. The Morgan fingerprint density at radius 3 is 2.75 bits per heavy atom. The predicted octanol–water partition coefficient (Wildman–Crippen LogP) is 3.56. The third-order valence-electron chi connectivity index (χ3n) is 2.46. The molecule has 0 saturated carbocycles. The van der Waals surface area contributed by atoms with Crippen LogP contribution in [0.4, 0.5) is 0 Å². The van der Waals surface area contributed by atoms with Crippen molar-refractivity contribution in [1.82, 2.24) is 5.32 Å². The van der Waals surface area contributed by atoms with Crippen molar-refractivity contribution in [2.24, 2.45) is 0 Å². The summed E-state index contributed by atoms with van der Waals surface area (Å²) in [6, 6.07) is 2.24. The molecule has 1 heterocycles. The molecule has 16 heavy (non-hydrogen) atoms. The Kier molecular flexibility index (Phi) is 5.29. The molecule has 1 aromatic rings. The Morgan fingerprint density at radius 2 is 2.25 bits per heavy atom. The van der Waals surface area contributed by atoms with Crippen LogP contribution in [0.2, 0.25) is 0 Å². The van der Waals surface area contributed by atoms with Gasteiger partial charge < -0.3 is 5.32 Å². The molecule has 0 bridgehead atoms. The van der Waals surface area contributed by atoms with E-state index in [-0.39, 0.29) is 11.9 Å². The average Bonchev–Trinajstić information content (AvgIpc) is 2.54. The molecule has 0 fully saturated rings. The number of amides is 1. The topological polar surface area (TPSA) is 29.1 Å². The smallest absolute Gasteiger partial charge is 0.220 e. The third-order valence-corrected chi connectivity index (χ3v) is 3.71. The van der Waals surface area contributed by atoms with Crippen molar-refractivity contribution in [3.63, 3.8) is 0 Å². The number of aryl methyl sites for hydroxylation is 2. The van der Waals surface area contributed by atoms with Crippen molar-refractivity contribution in [1.29, 1.82) is 0 Å². The summed E-state index contributed by atoms with van der Waals surface area (Å²) in [7, 11) is 0. The molecule has 2 nitrogen and oxygen atoms in total. The number of hydrogen-bond donors (Lipinski definition) is 1. The standard InChI is InChI=1S/C12H18ClNOS/c1-8-7-11(10(3)16-8)9(2)14-12(15)5-4-6-13/h7,9H,4-6H2,1-3H3,(H,14,15). The highest BCUT2D eigenvalue weighted by Crippen LogP contribution is 2.26. The van der Waals surface area contributed by atoms with E-state index in [1.807, 2.05) is 6.92 Å². The predicted molar refractivity (Wildman–Crippen MR) is 70.3 cm³/mol. The van der Waals surface area contributed by atoms with Gasteiger partial charge in [0, 0.05) is 22.1 Å². The SMILES string of the molecule is Cc1cc(C(C)NC(=O)CCCCl)c(C)s1. The maximum Gasteiger partial charge on any atom is 0.220 e. The van der Waals surface area contributed by atoms with E-state index in [1.165, 1.54) is 15.3 Å². The van der Waals surface area contributed by atoms with Gasteiger partial charge in [-0.15, -0.1) is 22.9 Å². The highest BCUT2D eigenvalue weighted by molar-refractivity contribution is 7.12. The Hall–Kier alpha value is -0.540. The van der Waals surface area contributed by atoms with Gasteiger partial charge in [-0.05, 0) is 38.8 Å². The van der Waals surface area contributed by atoms with Gasteiger partial charge in [0.05, 0.1) is 6.04 Å². The van der Waals surface area contributed by atoms with Gasteiger partial charge in [-0.2, -0.15) is 0 Å². The molecular weight excluding hydrogens is 242 g/mol. The summed E-state index contributed by atoms with van der Waals surface area (Å²) in [4.78, 5) is 14.1. The van der Waals surface area contributed by atoms with Crippen LogP contribution in [0.5, 0.6) is 0 Å². The monoisotopic (exact) mass is 259 g/mol. The minimum absolute atomic E-state index is 0.0800. The number of rotatable bonds is 5. The number of hydrogen-bond acceptors (Lipinski definition) is 2. The number of thiophene rings is 1. The molecule has 1 amide bonds. The fourth-order valence-electron chi connectivity index (χ4n) is 1.70. The highest BCUT2D eigenvalue weighted by atomic mass is 35.5. The van der Waals surface area contributed by atoms with Crippen molar-refractivity contribution < 1.29 is 4.79 Å². The number of nitrogens with one attached hydrogen (secondary N) is 1. The van der Waals surface area contributed by atoms with Crippen LogP contribution in [0, 0.1) is 13.8 Å². The summed E-state index contributed by atoms with van der Waals surface area (Å²) >= 11 is 7.32. The van der Waals surface area contributed by atoms with E-state index in [0.717, 1.165) is 6.42 Å². The molecule has 1 aromatic heterocycles. The maximum atomic E-state index is 11.5. The van der Waals surface area contributed by atoms with Crippen LogP contribution in [-0.2, 0) is 4.79 Å². The number of carbonyl (C=O) groups excluding carboxylic acids is 1. The Labute approximate surface area is 106 Å². The van der Waals surface area contributed by atoms with Gasteiger partial charge in [0.25, 0.3) is 0 Å². The third kappa shape index (κ3) is 3.80. The number of alkyl halides is 1. The lowest BCUT2D eigenvalue weighted by molar-refractivity contribution is -0.121. The summed E-state index contributed by atoms with van der Waals surface area (Å²) in [6.45, 7) is 6.20. The fourth-order valence-corrected chi connectivity index (χ4v) is 2.86. The van der Waals surface area contributed by atoms with Crippen LogP contribution in [0.15, 0.2) is 6.07 Å². The summed E-state index contributed by atoms with van der Waals surface area (Å²) < 4.78 is 0. The molecular formula is C12H18ClNOS. The van der Waals surface area contributed by atoms with Gasteiger partial charge in [-0.25, -0.2) is 0 Å². The number of halogens is 1. The molecule has 0 aliphatic carbocycles. The molecule has 90 valence electrons. The van der Waals surface area contributed by atoms with Gasteiger partial charge >= 0.3 is 0 Å². The molecule has 0 spiro atoms. The molecule has 1 unspecified atom stereocenters. The molecule has 0 radical (unpaired) electrons. The van der Waals surface area contributed by atoms with Crippen LogP contribution in [-0.4, -0.2) is 11.8 Å². The zero-order chi connectivity index (χ0) is 12.1. The second kappa shape index (κ2) is 6.26. The van der Waals surface area contributed by atoms with Crippen molar-refractivity contribution in [3.05, 3.63) is 21.4 Å². The molecule has 4 heteroatoms. The fraction of sp³-hybridized carbons (Fsp3) is 0.583. The lowest BCUT2D eigenvalue weighted by atomic mass is 10.1. The second-order valence-corrected chi connectivity index (χ2v) is 5.79. The summed E-state index contributed by atoms with van der Waals surface area (Å²) in [6.07, 6.45) is 1.25. The quantitative estimate of drug-likeness (QED) is 0.805. The van der Waals surface area contributed by atoms with E-state index in [0.29, 0.717) is 12.3 Å². The summed E-state index contributed by atoms with van der Waals surface area (Å²) in [5, 5.41) is 2.99. The molecule has 1 rings (SSSR count). The second-order valence-electron chi connectivity index (χ2n) is 3.95. The van der Waals surface area contributed by atoms with Gasteiger partial charge in [0.1, 0.15) is 0 Å². The normalized spacial score (nSPS) is 12.5. The van der Waals surface area contributed by atoms with Crippen LogP contribution in [0.25, 0.3) is 0 Å². The molecule has 0 saturated heterocycles. The van der Waals surface area contributed by atoms with Gasteiger partial charge in [-0.3, -0.25) is 4.79 Å². The van der Waals surface area contributed by atoms with E-state index in [4.69, 9.17) is 11.6 Å². The zero-order valence-electron chi connectivity index (χ0n) is 9.97. The average molecular weight is 260 g/mol. The molecule has 0 aliphatic rings. The van der Waals surface area contributed by atoms with Crippen molar-refractivity contribution in [2.75, 3.05) is 5.88 Å². The Bertz CT molecular complexity index is 362. The summed E-state index contributed by atoms with van der Waals surface area (Å²) in [5.74, 6) is 0.620. The van der Waals surface area contributed by atoms with E-state index < -0.39 is 0 Å². The minimum Gasteiger partial charge on any atom is -0.350 e.